The Bertz CT molecular complexity index is 405. The van der Waals surface area contributed by atoms with Crippen LogP contribution in [0.25, 0.3) is 0 Å². The van der Waals surface area contributed by atoms with E-state index in [-0.39, 0.29) is 0 Å². The van der Waals surface area contributed by atoms with Crippen molar-refractivity contribution in [2.75, 3.05) is 33.7 Å². The average Bonchev–Trinajstić information content (AvgIpc) is 2.85. The Hall–Kier alpha value is -0.940. The van der Waals surface area contributed by atoms with Gasteiger partial charge in [0.1, 0.15) is 0 Å². The van der Waals surface area contributed by atoms with Gasteiger partial charge in [0.2, 0.25) is 0 Å². The van der Waals surface area contributed by atoms with E-state index in [0.29, 0.717) is 12.6 Å². The summed E-state index contributed by atoms with van der Waals surface area (Å²) in [6.07, 6.45) is 2.05. The second-order valence-corrected chi connectivity index (χ2v) is 6.01. The van der Waals surface area contributed by atoms with Gasteiger partial charge in [-0.05, 0) is 44.6 Å². The summed E-state index contributed by atoms with van der Waals surface area (Å²) >= 11 is 0. The number of aliphatic hydroxyl groups is 1. The van der Waals surface area contributed by atoms with Gasteiger partial charge in [0.25, 0.3) is 0 Å². The molecule has 0 spiro atoms. The molecule has 1 fully saturated rings. The predicted molar refractivity (Wildman–Crippen MR) is 82.4 cm³/mol. The molecule has 4 heteroatoms. The second-order valence-electron chi connectivity index (χ2n) is 6.01. The van der Waals surface area contributed by atoms with Crippen LogP contribution in [0, 0.1) is 0 Å². The van der Waals surface area contributed by atoms with Gasteiger partial charge in [0, 0.05) is 25.7 Å². The minimum atomic E-state index is -0.412. The van der Waals surface area contributed by atoms with Crippen LogP contribution in [0.1, 0.15) is 30.1 Å². The Morgan fingerprint density at radius 3 is 2.65 bits per heavy atom. The first-order valence-electron chi connectivity index (χ1n) is 7.46. The van der Waals surface area contributed by atoms with E-state index < -0.39 is 6.10 Å². The molecule has 2 rings (SSSR count). The number of nitrogens with zero attached hydrogens (tertiary/aromatic N) is 2. The number of nitrogens with two attached hydrogens (primary N) is 1. The third-order valence-electron chi connectivity index (χ3n) is 4.08. The molecule has 0 radical (unpaired) electrons. The molecule has 112 valence electrons. The molecule has 0 saturated carbocycles. The molecule has 1 saturated heterocycles. The Kier molecular flexibility index (Phi) is 5.54. The Labute approximate surface area is 122 Å². The molecule has 0 amide bonds. The number of aliphatic hydroxyl groups excluding tert-OH is 1. The van der Waals surface area contributed by atoms with E-state index in [0.717, 1.165) is 30.8 Å². The van der Waals surface area contributed by atoms with E-state index in [1.54, 1.807) is 0 Å². The van der Waals surface area contributed by atoms with Gasteiger partial charge in [-0.2, -0.15) is 0 Å². The largest absolute Gasteiger partial charge is 0.387 e. The van der Waals surface area contributed by atoms with Gasteiger partial charge < -0.3 is 15.7 Å². The molecule has 3 N–H and O–H groups in total. The van der Waals surface area contributed by atoms with Crippen molar-refractivity contribution in [3.05, 3.63) is 35.4 Å². The lowest BCUT2D eigenvalue weighted by molar-refractivity contribution is 0.0980. The van der Waals surface area contributed by atoms with Gasteiger partial charge in [-0.25, -0.2) is 0 Å². The Morgan fingerprint density at radius 1 is 1.35 bits per heavy atom. The van der Waals surface area contributed by atoms with Crippen LogP contribution in [0.2, 0.25) is 0 Å². The standard InChI is InChI=1S/C16H27N3O/c1-18(2)11-15-4-3-9-19(15)12-16(20)14-7-5-13(10-17)6-8-14/h5-8,15-16,20H,3-4,9-12,17H2,1-2H3. The highest BCUT2D eigenvalue weighted by atomic mass is 16.3. The zero-order valence-electron chi connectivity index (χ0n) is 12.6. The summed E-state index contributed by atoms with van der Waals surface area (Å²) in [6, 6.07) is 8.55. The molecule has 1 aliphatic heterocycles. The molecule has 4 nitrogen and oxygen atoms in total. The maximum absolute atomic E-state index is 10.4. The van der Waals surface area contributed by atoms with E-state index in [1.807, 2.05) is 24.3 Å². The number of likely N-dealkylation sites (N-methyl/N-ethyl adjacent to an activating group) is 1. The molecule has 2 atom stereocenters. The average molecular weight is 277 g/mol. The van der Waals surface area contributed by atoms with Crippen molar-refractivity contribution in [2.24, 2.45) is 5.73 Å². The highest BCUT2D eigenvalue weighted by Gasteiger charge is 2.26. The van der Waals surface area contributed by atoms with E-state index in [2.05, 4.69) is 23.9 Å². The molecule has 1 aromatic carbocycles. The van der Waals surface area contributed by atoms with Crippen LogP contribution in [0.15, 0.2) is 24.3 Å². The van der Waals surface area contributed by atoms with Crippen LogP contribution in [-0.2, 0) is 6.54 Å². The van der Waals surface area contributed by atoms with E-state index in [9.17, 15) is 5.11 Å². The van der Waals surface area contributed by atoms with Crippen LogP contribution in [0.3, 0.4) is 0 Å². The molecule has 0 aromatic heterocycles. The molecular formula is C16H27N3O. The van der Waals surface area contributed by atoms with Crippen molar-refractivity contribution in [1.82, 2.24) is 9.80 Å². The monoisotopic (exact) mass is 277 g/mol. The van der Waals surface area contributed by atoms with Crippen LogP contribution in [-0.4, -0.2) is 54.7 Å². The van der Waals surface area contributed by atoms with Gasteiger partial charge in [0.05, 0.1) is 6.10 Å². The third kappa shape index (κ3) is 4.03. The summed E-state index contributed by atoms with van der Waals surface area (Å²) < 4.78 is 0. The SMILES string of the molecule is CN(C)CC1CCCN1CC(O)c1ccc(CN)cc1. The van der Waals surface area contributed by atoms with Crippen molar-refractivity contribution in [1.29, 1.82) is 0 Å². The molecule has 0 aliphatic carbocycles. The van der Waals surface area contributed by atoms with Gasteiger partial charge in [-0.15, -0.1) is 0 Å². The maximum atomic E-state index is 10.4. The summed E-state index contributed by atoms with van der Waals surface area (Å²) in [5, 5.41) is 10.4. The summed E-state index contributed by atoms with van der Waals surface area (Å²) in [5.74, 6) is 0. The van der Waals surface area contributed by atoms with Gasteiger partial charge in [0.15, 0.2) is 0 Å². The molecule has 20 heavy (non-hydrogen) atoms. The smallest absolute Gasteiger partial charge is 0.0917 e. The van der Waals surface area contributed by atoms with Crippen LogP contribution in [0.4, 0.5) is 0 Å². The Balaban J connectivity index is 1.93. The number of benzene rings is 1. The summed E-state index contributed by atoms with van der Waals surface area (Å²) in [6.45, 7) is 3.43. The fraction of sp³-hybridized carbons (Fsp3) is 0.625. The number of likely N-dealkylation sites (tertiary alicyclic amines) is 1. The molecule has 2 unspecified atom stereocenters. The lowest BCUT2D eigenvalue weighted by Crippen LogP contribution is -2.39. The highest BCUT2D eigenvalue weighted by Crippen LogP contribution is 2.22. The van der Waals surface area contributed by atoms with Crippen molar-refractivity contribution in [3.8, 4) is 0 Å². The van der Waals surface area contributed by atoms with Crippen molar-refractivity contribution in [3.63, 3.8) is 0 Å². The minimum Gasteiger partial charge on any atom is -0.387 e. The fourth-order valence-corrected chi connectivity index (χ4v) is 2.97. The van der Waals surface area contributed by atoms with Crippen molar-refractivity contribution < 1.29 is 5.11 Å². The zero-order chi connectivity index (χ0) is 14.5. The first-order valence-corrected chi connectivity index (χ1v) is 7.46. The Morgan fingerprint density at radius 2 is 2.05 bits per heavy atom. The topological polar surface area (TPSA) is 52.7 Å². The van der Waals surface area contributed by atoms with E-state index in [4.69, 9.17) is 5.73 Å². The molecular weight excluding hydrogens is 250 g/mol. The van der Waals surface area contributed by atoms with Crippen molar-refractivity contribution in [2.45, 2.75) is 31.5 Å². The number of rotatable bonds is 6. The van der Waals surface area contributed by atoms with Gasteiger partial charge in [-0.3, -0.25) is 4.90 Å². The van der Waals surface area contributed by atoms with E-state index in [1.165, 1.54) is 12.8 Å². The number of hydrogen-bond acceptors (Lipinski definition) is 4. The first-order chi connectivity index (χ1) is 9.60. The van der Waals surface area contributed by atoms with Crippen LogP contribution in [0.5, 0.6) is 0 Å². The quantitative estimate of drug-likeness (QED) is 0.820. The molecule has 0 bridgehead atoms. The number of β-amino-alcohol motifs (C(OH)–C–C–N with tert-alkyl or cyclic N) is 1. The highest BCUT2D eigenvalue weighted by molar-refractivity contribution is 5.24. The van der Waals surface area contributed by atoms with Crippen LogP contribution < -0.4 is 5.73 Å². The van der Waals surface area contributed by atoms with Crippen molar-refractivity contribution >= 4 is 0 Å². The number of hydrogen-bond donors (Lipinski definition) is 2. The molecule has 1 aromatic rings. The minimum absolute atomic E-state index is 0.412. The van der Waals surface area contributed by atoms with Crippen LogP contribution >= 0.6 is 0 Å². The summed E-state index contributed by atoms with van der Waals surface area (Å²) in [4.78, 5) is 4.65. The van der Waals surface area contributed by atoms with Gasteiger partial charge in [-0.1, -0.05) is 24.3 Å². The first kappa shape index (κ1) is 15.4. The normalized spacial score (nSPS) is 21.6. The fourth-order valence-electron chi connectivity index (χ4n) is 2.97. The van der Waals surface area contributed by atoms with E-state index >= 15 is 0 Å². The maximum Gasteiger partial charge on any atom is 0.0917 e. The lowest BCUT2D eigenvalue weighted by atomic mass is 10.1. The predicted octanol–water partition coefficient (Wildman–Crippen LogP) is 1.20. The summed E-state index contributed by atoms with van der Waals surface area (Å²) in [5.41, 5.74) is 7.69. The second kappa shape index (κ2) is 7.18. The van der Waals surface area contributed by atoms with Gasteiger partial charge >= 0.3 is 0 Å². The summed E-state index contributed by atoms with van der Waals surface area (Å²) in [7, 11) is 4.22. The zero-order valence-corrected chi connectivity index (χ0v) is 12.6. The third-order valence-corrected chi connectivity index (χ3v) is 4.08. The lowest BCUT2D eigenvalue weighted by Gasteiger charge is -2.29. The molecule has 1 heterocycles. The molecule has 1 aliphatic rings.